The van der Waals surface area contributed by atoms with Crippen LogP contribution in [0, 0.1) is 6.92 Å². The lowest BCUT2D eigenvalue weighted by Crippen LogP contribution is -2.47. The molecule has 2 rings (SSSR count). The molecule has 98 valence electrons. The van der Waals surface area contributed by atoms with Crippen LogP contribution in [0.2, 0.25) is 0 Å². The fraction of sp³-hybridized carbons (Fsp3) is 0.500. The Labute approximate surface area is 116 Å². The minimum Gasteiger partial charge on any atom is -0.359 e. The van der Waals surface area contributed by atoms with Crippen LogP contribution in [0.3, 0.4) is 0 Å². The summed E-state index contributed by atoms with van der Waals surface area (Å²) >= 11 is 6.67. The number of aryl methyl sites for hydroxylation is 1. The van der Waals surface area contributed by atoms with E-state index in [1.807, 2.05) is 12.3 Å². The quantitative estimate of drug-likeness (QED) is 0.586. The molecule has 0 aromatic carbocycles. The molecule has 4 nitrogen and oxygen atoms in total. The molecule has 18 heavy (non-hydrogen) atoms. The normalized spacial score (nSPS) is 14.1. The zero-order valence-electron chi connectivity index (χ0n) is 10.5. The first-order valence-electron chi connectivity index (χ1n) is 6.05. The second kappa shape index (κ2) is 5.67. The van der Waals surface area contributed by atoms with Gasteiger partial charge in [0.1, 0.15) is 0 Å². The monoisotopic (exact) mass is 283 g/mol. The molecular formula is C12H17N3OS2. The molecule has 0 unspecified atom stereocenters. The summed E-state index contributed by atoms with van der Waals surface area (Å²) in [6.07, 6.45) is 3.17. The molecule has 1 saturated carbocycles. The zero-order valence-corrected chi connectivity index (χ0v) is 12.1. The summed E-state index contributed by atoms with van der Waals surface area (Å²) < 4.78 is 0. The second-order valence-electron chi connectivity index (χ2n) is 4.36. The van der Waals surface area contributed by atoms with Gasteiger partial charge in [-0.2, -0.15) is 0 Å². The average Bonchev–Trinajstić information content (AvgIpc) is 3.07. The van der Waals surface area contributed by atoms with Gasteiger partial charge in [0, 0.05) is 16.3 Å². The topological polar surface area (TPSA) is 53.2 Å². The van der Waals surface area contributed by atoms with Crippen molar-refractivity contribution in [3.05, 3.63) is 21.4 Å². The highest BCUT2D eigenvalue weighted by molar-refractivity contribution is 7.80. The fourth-order valence-electron chi connectivity index (χ4n) is 1.74. The highest BCUT2D eigenvalue weighted by atomic mass is 32.1. The third-order valence-electron chi connectivity index (χ3n) is 2.90. The molecule has 1 aliphatic rings. The highest BCUT2D eigenvalue weighted by Gasteiger charge is 2.22. The molecule has 0 aliphatic heterocycles. The number of rotatable bonds is 3. The van der Waals surface area contributed by atoms with Crippen LogP contribution < -0.4 is 16.2 Å². The van der Waals surface area contributed by atoms with Crippen LogP contribution in [0.5, 0.6) is 0 Å². The van der Waals surface area contributed by atoms with Crippen LogP contribution >= 0.6 is 23.6 Å². The molecule has 1 amide bonds. The van der Waals surface area contributed by atoms with Crippen molar-refractivity contribution in [2.24, 2.45) is 0 Å². The number of carbonyl (C=O) groups is 1. The predicted octanol–water partition coefficient (Wildman–Crippen LogP) is 1.89. The Morgan fingerprint density at radius 3 is 2.83 bits per heavy atom. The number of carbonyl (C=O) groups excluding carboxylic acids is 1. The first-order chi connectivity index (χ1) is 8.61. The maximum absolute atomic E-state index is 12.0. The van der Waals surface area contributed by atoms with Crippen molar-refractivity contribution < 1.29 is 4.79 Å². The van der Waals surface area contributed by atoms with E-state index in [9.17, 15) is 4.79 Å². The molecule has 6 heteroatoms. The van der Waals surface area contributed by atoms with E-state index in [2.05, 4.69) is 23.1 Å². The fourth-order valence-corrected chi connectivity index (χ4v) is 2.90. The van der Waals surface area contributed by atoms with Crippen molar-refractivity contribution in [1.82, 2.24) is 16.2 Å². The maximum Gasteiger partial charge on any atom is 0.270 e. The van der Waals surface area contributed by atoms with Crippen LogP contribution in [0.15, 0.2) is 5.38 Å². The van der Waals surface area contributed by atoms with Gasteiger partial charge in [0.15, 0.2) is 5.11 Å². The van der Waals surface area contributed by atoms with Crippen molar-refractivity contribution >= 4 is 34.6 Å². The lowest BCUT2D eigenvalue weighted by atomic mass is 10.1. The minimum absolute atomic E-state index is 0.129. The first-order valence-corrected chi connectivity index (χ1v) is 7.34. The van der Waals surface area contributed by atoms with Gasteiger partial charge >= 0.3 is 0 Å². The summed E-state index contributed by atoms with van der Waals surface area (Å²) in [6.45, 7) is 4.09. The van der Waals surface area contributed by atoms with Gasteiger partial charge in [-0.15, -0.1) is 11.3 Å². The molecule has 1 heterocycles. The van der Waals surface area contributed by atoms with Crippen molar-refractivity contribution in [2.45, 2.75) is 39.2 Å². The molecule has 0 radical (unpaired) electrons. The van der Waals surface area contributed by atoms with Gasteiger partial charge in [0.2, 0.25) is 0 Å². The number of hydrazine groups is 1. The molecule has 0 saturated heterocycles. The Kier molecular flexibility index (Phi) is 4.19. The number of nitrogens with one attached hydrogen (secondary N) is 3. The third-order valence-corrected chi connectivity index (χ3v) is 4.08. The number of hydrogen-bond donors (Lipinski definition) is 3. The second-order valence-corrected chi connectivity index (χ2v) is 5.86. The molecule has 0 atom stereocenters. The molecule has 3 N–H and O–H groups in total. The van der Waals surface area contributed by atoms with Gasteiger partial charge in [-0.05, 0) is 44.0 Å². The summed E-state index contributed by atoms with van der Waals surface area (Å²) in [6, 6.07) is 0.483. The van der Waals surface area contributed by atoms with E-state index < -0.39 is 0 Å². The minimum atomic E-state index is -0.129. The first kappa shape index (κ1) is 13.3. The van der Waals surface area contributed by atoms with Crippen molar-refractivity contribution in [3.8, 4) is 0 Å². The van der Waals surface area contributed by atoms with E-state index >= 15 is 0 Å². The Morgan fingerprint density at radius 2 is 2.22 bits per heavy atom. The number of thiocarbonyl (C=S) groups is 1. The molecule has 1 fully saturated rings. The summed E-state index contributed by atoms with van der Waals surface area (Å²) in [5.41, 5.74) is 7.22. The number of thiophene rings is 1. The molecule has 0 spiro atoms. The van der Waals surface area contributed by atoms with E-state index in [0.717, 1.165) is 30.4 Å². The van der Waals surface area contributed by atoms with Gasteiger partial charge < -0.3 is 5.32 Å². The molecule has 1 aromatic rings. The van der Waals surface area contributed by atoms with Crippen LogP contribution in [-0.4, -0.2) is 17.1 Å². The predicted molar refractivity (Wildman–Crippen MR) is 77.8 cm³/mol. The van der Waals surface area contributed by atoms with Crippen molar-refractivity contribution in [3.63, 3.8) is 0 Å². The van der Waals surface area contributed by atoms with E-state index in [1.165, 1.54) is 4.88 Å². The van der Waals surface area contributed by atoms with Gasteiger partial charge in [-0.3, -0.25) is 15.6 Å². The van der Waals surface area contributed by atoms with Crippen LogP contribution in [0.4, 0.5) is 0 Å². The summed E-state index contributed by atoms with van der Waals surface area (Å²) in [5.74, 6) is -0.129. The Bertz CT molecular complexity index is 466. The largest absolute Gasteiger partial charge is 0.359 e. The van der Waals surface area contributed by atoms with E-state index in [0.29, 0.717) is 11.2 Å². The van der Waals surface area contributed by atoms with Gasteiger partial charge in [-0.25, -0.2) is 0 Å². The highest BCUT2D eigenvalue weighted by Crippen LogP contribution is 2.22. The number of hydrogen-bond acceptors (Lipinski definition) is 3. The molecule has 1 aliphatic carbocycles. The van der Waals surface area contributed by atoms with Gasteiger partial charge in [-0.1, -0.05) is 6.92 Å². The third kappa shape index (κ3) is 3.20. The standard InChI is InChI=1S/C12H17N3OS2/c1-3-9-7(2)18-6-10(9)11(16)14-15-12(17)13-8-4-5-8/h6,8H,3-5H2,1-2H3,(H,14,16)(H2,13,15,17). The summed E-state index contributed by atoms with van der Waals surface area (Å²) in [5, 5.41) is 5.48. The van der Waals surface area contributed by atoms with Crippen LogP contribution in [0.25, 0.3) is 0 Å². The van der Waals surface area contributed by atoms with Gasteiger partial charge in [0.25, 0.3) is 5.91 Å². The van der Waals surface area contributed by atoms with Gasteiger partial charge in [0.05, 0.1) is 5.56 Å². The Morgan fingerprint density at radius 1 is 1.50 bits per heavy atom. The van der Waals surface area contributed by atoms with E-state index in [-0.39, 0.29) is 5.91 Å². The smallest absolute Gasteiger partial charge is 0.270 e. The molecular weight excluding hydrogens is 266 g/mol. The number of amides is 1. The molecule has 1 aromatic heterocycles. The maximum atomic E-state index is 12.0. The van der Waals surface area contributed by atoms with E-state index in [4.69, 9.17) is 12.2 Å². The zero-order chi connectivity index (χ0) is 13.1. The molecule has 0 bridgehead atoms. The Hall–Kier alpha value is -1.14. The van der Waals surface area contributed by atoms with Crippen molar-refractivity contribution in [2.75, 3.05) is 0 Å². The Balaban J connectivity index is 1.88. The summed E-state index contributed by atoms with van der Waals surface area (Å²) in [4.78, 5) is 13.2. The summed E-state index contributed by atoms with van der Waals surface area (Å²) in [7, 11) is 0. The lowest BCUT2D eigenvalue weighted by Gasteiger charge is -2.11. The van der Waals surface area contributed by atoms with E-state index in [1.54, 1.807) is 11.3 Å². The lowest BCUT2D eigenvalue weighted by molar-refractivity contribution is 0.0943. The van der Waals surface area contributed by atoms with Crippen LogP contribution in [-0.2, 0) is 6.42 Å². The van der Waals surface area contributed by atoms with Crippen LogP contribution in [0.1, 0.15) is 40.6 Å². The van der Waals surface area contributed by atoms with Crippen molar-refractivity contribution in [1.29, 1.82) is 0 Å². The average molecular weight is 283 g/mol. The SMILES string of the molecule is CCc1c(C(=O)NNC(=S)NC2CC2)csc1C.